The van der Waals surface area contributed by atoms with Crippen LogP contribution >= 0.6 is 11.6 Å². The van der Waals surface area contributed by atoms with Crippen LogP contribution in [0.15, 0.2) is 43.5 Å². The van der Waals surface area contributed by atoms with Gasteiger partial charge in [0, 0.05) is 13.0 Å². The summed E-state index contributed by atoms with van der Waals surface area (Å²) in [4.78, 5) is 58.1. The van der Waals surface area contributed by atoms with Gasteiger partial charge in [-0.3, -0.25) is 19.2 Å². The van der Waals surface area contributed by atoms with Crippen LogP contribution < -0.4 is 10.2 Å². The summed E-state index contributed by atoms with van der Waals surface area (Å²) in [5, 5.41) is 13.7. The number of nitrogens with one attached hydrogen (secondary N) is 1. The van der Waals surface area contributed by atoms with Crippen molar-refractivity contribution in [3.63, 3.8) is 0 Å². The van der Waals surface area contributed by atoms with Gasteiger partial charge in [-0.15, -0.1) is 13.2 Å². The molecule has 45 heavy (non-hydrogen) atoms. The molecule has 3 aliphatic rings. The number of aliphatic hydroxyl groups excluding tert-OH is 1. The normalized spacial score (nSPS) is 26.4. The molecule has 2 bridgehead atoms. The highest BCUT2D eigenvalue weighted by atomic mass is 35.5. The zero-order chi connectivity index (χ0) is 33.1. The van der Waals surface area contributed by atoms with Gasteiger partial charge in [-0.2, -0.15) is 0 Å². The molecule has 11 heteroatoms. The lowest BCUT2D eigenvalue weighted by atomic mass is 9.70. The molecule has 0 radical (unpaired) electrons. The Hall–Kier alpha value is -3.21. The summed E-state index contributed by atoms with van der Waals surface area (Å²) in [6.45, 7) is 14.8. The summed E-state index contributed by atoms with van der Waals surface area (Å²) in [7, 11) is 0. The maximum absolute atomic E-state index is 14.8. The average molecular weight is 644 g/mol. The van der Waals surface area contributed by atoms with E-state index in [1.807, 2.05) is 26.8 Å². The lowest BCUT2D eigenvalue weighted by Gasteiger charge is -2.40. The fraction of sp³-hybridized carbons (Fsp3) is 0.588. The number of benzene rings is 1. The predicted octanol–water partition coefficient (Wildman–Crippen LogP) is 3.96. The van der Waals surface area contributed by atoms with Crippen molar-refractivity contribution in [3.8, 4) is 0 Å². The van der Waals surface area contributed by atoms with E-state index in [4.69, 9.17) is 21.1 Å². The van der Waals surface area contributed by atoms with Crippen molar-refractivity contribution in [3.05, 3.63) is 54.1 Å². The lowest BCUT2D eigenvalue weighted by molar-refractivity contribution is -0.159. The molecule has 4 rings (SSSR count). The molecule has 1 aromatic rings. The van der Waals surface area contributed by atoms with E-state index in [1.54, 1.807) is 31.2 Å². The van der Waals surface area contributed by atoms with Crippen LogP contribution in [0.2, 0.25) is 5.02 Å². The Morgan fingerprint density at radius 1 is 1.27 bits per heavy atom. The largest absolute Gasteiger partial charge is 0.460 e. The standard InChI is InChI=1S/C34H46ClN3O7/c1-7-9-13-26(40)36-18-22(6)44-33(43)27-25-14-15-34(45-25)28(27)31(41)38(23(19-39)17-20(3)4)30(34)32(42)37(16-8-2)29-21(5)11-10-12-24(29)35/h7-8,10-12,20,22-23,25,27-28,30,39H,1-2,9,13-19H2,3-6H3,(H,36,40)/t22-,23-,25+,27-,28-,30+,34-/m1/s1. The molecule has 1 spiro atoms. The molecule has 3 fully saturated rings. The van der Waals surface area contributed by atoms with Gasteiger partial charge in [-0.25, -0.2) is 0 Å². The average Bonchev–Trinajstić information content (AvgIpc) is 3.64. The first kappa shape index (κ1) is 34.7. The SMILES string of the molecule is C=CCCC(=O)NC[C@@H](C)OC(=O)[C@@H]1[C@@H]2CC[C@]3(O2)[C@H](C(=O)N(CC=C)c2c(C)cccc2Cl)N([C@@H](CO)CC(C)C)C(=O)[C@@H]13. The maximum Gasteiger partial charge on any atom is 0.312 e. The number of likely N-dealkylation sites (tertiary alicyclic amines) is 1. The summed E-state index contributed by atoms with van der Waals surface area (Å²) < 4.78 is 12.3. The van der Waals surface area contributed by atoms with Gasteiger partial charge in [0.1, 0.15) is 17.7 Å². The molecule has 10 nitrogen and oxygen atoms in total. The van der Waals surface area contributed by atoms with Gasteiger partial charge in [0.05, 0.1) is 47.8 Å². The summed E-state index contributed by atoms with van der Waals surface area (Å²) in [5.41, 5.74) is -0.00994. The molecular weight excluding hydrogens is 598 g/mol. The molecule has 3 aliphatic heterocycles. The van der Waals surface area contributed by atoms with Crippen molar-refractivity contribution in [2.24, 2.45) is 17.8 Å². The van der Waals surface area contributed by atoms with Crippen LogP contribution in [0, 0.1) is 24.7 Å². The maximum atomic E-state index is 14.8. The Labute approximate surface area is 270 Å². The number of aliphatic hydroxyl groups is 1. The molecule has 0 saturated carbocycles. The van der Waals surface area contributed by atoms with Gasteiger partial charge in [0.2, 0.25) is 11.8 Å². The molecule has 3 amide bonds. The number of ether oxygens (including phenoxy) is 2. The molecule has 0 aromatic heterocycles. The lowest BCUT2D eigenvalue weighted by Crippen LogP contribution is -2.59. The number of allylic oxidation sites excluding steroid dienone is 1. The Morgan fingerprint density at radius 2 is 2.00 bits per heavy atom. The van der Waals surface area contributed by atoms with Crippen molar-refractivity contribution in [2.45, 2.75) is 89.7 Å². The van der Waals surface area contributed by atoms with E-state index in [0.29, 0.717) is 36.4 Å². The van der Waals surface area contributed by atoms with Crippen LogP contribution in [0.4, 0.5) is 5.69 Å². The number of carbonyl (C=O) groups is 4. The van der Waals surface area contributed by atoms with Crippen molar-refractivity contribution in [2.75, 3.05) is 24.6 Å². The minimum absolute atomic E-state index is 0.110. The smallest absolute Gasteiger partial charge is 0.312 e. The molecule has 0 aliphatic carbocycles. The molecule has 2 N–H and O–H groups in total. The molecular formula is C34H46ClN3O7. The van der Waals surface area contributed by atoms with Crippen LogP contribution in [0.3, 0.4) is 0 Å². The Balaban J connectivity index is 1.70. The Morgan fingerprint density at radius 3 is 2.62 bits per heavy atom. The summed E-state index contributed by atoms with van der Waals surface area (Å²) in [5.74, 6) is -3.38. The van der Waals surface area contributed by atoms with Crippen molar-refractivity contribution < 1.29 is 33.8 Å². The monoisotopic (exact) mass is 643 g/mol. The second kappa shape index (κ2) is 14.5. The number of halogens is 1. The minimum atomic E-state index is -1.29. The molecule has 1 aromatic carbocycles. The van der Waals surface area contributed by atoms with E-state index in [1.165, 1.54) is 9.80 Å². The van der Waals surface area contributed by atoms with Gasteiger partial charge in [-0.1, -0.05) is 49.7 Å². The zero-order valence-corrected chi connectivity index (χ0v) is 27.4. The van der Waals surface area contributed by atoms with Crippen LogP contribution in [0.25, 0.3) is 0 Å². The summed E-state index contributed by atoms with van der Waals surface area (Å²) >= 11 is 6.63. The van der Waals surface area contributed by atoms with Crippen molar-refractivity contribution >= 4 is 41.0 Å². The van der Waals surface area contributed by atoms with Gasteiger partial charge < -0.3 is 29.7 Å². The van der Waals surface area contributed by atoms with Gasteiger partial charge in [0.25, 0.3) is 5.91 Å². The molecule has 246 valence electrons. The number of fused-ring (bicyclic) bond motifs is 1. The van der Waals surface area contributed by atoms with E-state index in [-0.39, 0.29) is 37.9 Å². The third-order valence-electron chi connectivity index (χ3n) is 9.11. The number of esters is 1. The van der Waals surface area contributed by atoms with E-state index < -0.39 is 59.5 Å². The predicted molar refractivity (Wildman–Crippen MR) is 172 cm³/mol. The fourth-order valence-corrected chi connectivity index (χ4v) is 7.61. The Bertz CT molecular complexity index is 1300. The van der Waals surface area contributed by atoms with E-state index in [9.17, 15) is 24.3 Å². The number of carbonyl (C=O) groups excluding carboxylic acids is 4. The van der Waals surface area contributed by atoms with Crippen molar-refractivity contribution in [1.82, 2.24) is 10.2 Å². The van der Waals surface area contributed by atoms with Crippen LogP contribution in [-0.2, 0) is 28.7 Å². The van der Waals surface area contributed by atoms with Crippen molar-refractivity contribution in [1.29, 1.82) is 0 Å². The topological polar surface area (TPSA) is 125 Å². The number of aryl methyl sites for hydroxylation is 1. The second-order valence-corrected chi connectivity index (χ2v) is 13.2. The van der Waals surface area contributed by atoms with Crippen LogP contribution in [-0.4, -0.2) is 83.3 Å². The number of amides is 3. The highest BCUT2D eigenvalue weighted by molar-refractivity contribution is 6.34. The summed E-state index contributed by atoms with van der Waals surface area (Å²) in [6.07, 6.45) is 4.12. The van der Waals surface area contributed by atoms with E-state index in [2.05, 4.69) is 18.5 Å². The third kappa shape index (κ3) is 6.69. The number of para-hydroxylation sites is 1. The number of hydrogen-bond acceptors (Lipinski definition) is 7. The zero-order valence-electron chi connectivity index (χ0n) is 26.7. The molecule has 3 heterocycles. The van der Waals surface area contributed by atoms with Gasteiger partial charge in [0.15, 0.2) is 0 Å². The number of nitrogens with zero attached hydrogens (tertiary/aromatic N) is 2. The van der Waals surface area contributed by atoms with Gasteiger partial charge in [-0.05, 0) is 57.1 Å². The highest BCUT2D eigenvalue weighted by Gasteiger charge is 2.75. The van der Waals surface area contributed by atoms with E-state index >= 15 is 0 Å². The molecule has 0 unspecified atom stereocenters. The Kier molecular flexibility index (Phi) is 11.2. The molecule has 3 saturated heterocycles. The van der Waals surface area contributed by atoms with Crippen LogP contribution in [0.1, 0.15) is 58.4 Å². The van der Waals surface area contributed by atoms with Gasteiger partial charge >= 0.3 is 5.97 Å². The number of rotatable bonds is 15. The quantitative estimate of drug-likeness (QED) is 0.219. The first-order chi connectivity index (χ1) is 21.4. The summed E-state index contributed by atoms with van der Waals surface area (Å²) in [6, 6.07) is 3.58. The van der Waals surface area contributed by atoms with Crippen LogP contribution in [0.5, 0.6) is 0 Å². The fourth-order valence-electron chi connectivity index (χ4n) is 7.28. The highest BCUT2D eigenvalue weighted by Crippen LogP contribution is 2.59. The minimum Gasteiger partial charge on any atom is -0.460 e. The number of anilines is 1. The molecule has 7 atom stereocenters. The second-order valence-electron chi connectivity index (χ2n) is 12.8. The van der Waals surface area contributed by atoms with E-state index in [0.717, 1.165) is 5.56 Å². The first-order valence-corrected chi connectivity index (χ1v) is 16.2. The first-order valence-electron chi connectivity index (χ1n) is 15.8. The number of hydrogen-bond donors (Lipinski definition) is 2. The third-order valence-corrected chi connectivity index (χ3v) is 9.41.